The van der Waals surface area contributed by atoms with Crippen molar-refractivity contribution >= 4 is 11.6 Å². The maximum absolute atomic E-state index is 12.0. The van der Waals surface area contributed by atoms with Crippen LogP contribution >= 0.6 is 0 Å². The van der Waals surface area contributed by atoms with Crippen LogP contribution in [-0.2, 0) is 4.79 Å². The molecule has 0 aliphatic rings. The molecule has 2 rings (SSSR count). The SMILES string of the molecule is COc1ccccc1NC(=O)COc1ccc(C(C)C)c(C)c1. The number of ether oxygens (including phenoxy) is 2. The Balaban J connectivity index is 1.95. The van der Waals surface area contributed by atoms with Crippen molar-refractivity contribution < 1.29 is 14.3 Å². The van der Waals surface area contributed by atoms with E-state index in [2.05, 4.69) is 26.1 Å². The van der Waals surface area contributed by atoms with E-state index in [1.807, 2.05) is 30.3 Å². The number of hydrogen-bond acceptors (Lipinski definition) is 3. The predicted molar refractivity (Wildman–Crippen MR) is 92.4 cm³/mol. The van der Waals surface area contributed by atoms with Crippen molar-refractivity contribution in [1.29, 1.82) is 0 Å². The van der Waals surface area contributed by atoms with Crippen LogP contribution in [0.3, 0.4) is 0 Å². The first-order chi connectivity index (χ1) is 11.0. The second-order valence-electron chi connectivity index (χ2n) is 5.71. The van der Waals surface area contributed by atoms with Crippen molar-refractivity contribution in [3.05, 3.63) is 53.6 Å². The molecule has 0 spiro atoms. The molecule has 4 nitrogen and oxygen atoms in total. The number of methoxy groups -OCH3 is 1. The number of anilines is 1. The van der Waals surface area contributed by atoms with Crippen LogP contribution in [0.1, 0.15) is 30.9 Å². The van der Waals surface area contributed by atoms with Crippen molar-refractivity contribution in [2.24, 2.45) is 0 Å². The average Bonchev–Trinajstić information content (AvgIpc) is 2.53. The highest BCUT2D eigenvalue weighted by molar-refractivity contribution is 5.93. The normalized spacial score (nSPS) is 10.5. The average molecular weight is 313 g/mol. The van der Waals surface area contributed by atoms with Crippen LogP contribution in [-0.4, -0.2) is 19.6 Å². The van der Waals surface area contributed by atoms with E-state index in [-0.39, 0.29) is 12.5 Å². The van der Waals surface area contributed by atoms with Crippen LogP contribution in [0.25, 0.3) is 0 Å². The minimum atomic E-state index is -0.222. The molecule has 1 amide bonds. The Morgan fingerprint density at radius 2 is 1.91 bits per heavy atom. The summed E-state index contributed by atoms with van der Waals surface area (Å²) in [7, 11) is 1.57. The number of benzene rings is 2. The standard InChI is InChI=1S/C19H23NO3/c1-13(2)16-10-9-15(11-14(16)3)23-12-19(21)20-17-7-5-6-8-18(17)22-4/h5-11,13H,12H2,1-4H3,(H,20,21). The van der Waals surface area contributed by atoms with Gasteiger partial charge in [-0.3, -0.25) is 4.79 Å². The maximum atomic E-state index is 12.0. The Bertz CT molecular complexity index is 680. The molecule has 4 heteroatoms. The van der Waals surface area contributed by atoms with Gasteiger partial charge in [-0.15, -0.1) is 0 Å². The van der Waals surface area contributed by atoms with Crippen LogP contribution in [0.4, 0.5) is 5.69 Å². The molecule has 0 bridgehead atoms. The second kappa shape index (κ2) is 7.68. The third-order valence-corrected chi connectivity index (χ3v) is 3.61. The minimum Gasteiger partial charge on any atom is -0.495 e. The first kappa shape index (κ1) is 16.9. The van der Waals surface area contributed by atoms with Crippen LogP contribution in [0.5, 0.6) is 11.5 Å². The third-order valence-electron chi connectivity index (χ3n) is 3.61. The lowest BCUT2D eigenvalue weighted by molar-refractivity contribution is -0.118. The molecule has 0 saturated heterocycles. The number of hydrogen-bond donors (Lipinski definition) is 1. The van der Waals surface area contributed by atoms with Gasteiger partial charge in [-0.1, -0.05) is 32.0 Å². The molecular weight excluding hydrogens is 290 g/mol. The highest BCUT2D eigenvalue weighted by atomic mass is 16.5. The number of amides is 1. The monoisotopic (exact) mass is 313 g/mol. The van der Waals surface area contributed by atoms with Gasteiger partial charge in [0.25, 0.3) is 5.91 Å². The Labute approximate surface area is 137 Å². The molecule has 0 unspecified atom stereocenters. The van der Waals surface area contributed by atoms with Crippen molar-refractivity contribution in [2.45, 2.75) is 26.7 Å². The molecule has 0 aliphatic carbocycles. The van der Waals surface area contributed by atoms with Crippen LogP contribution in [0.15, 0.2) is 42.5 Å². The molecule has 0 fully saturated rings. The molecule has 2 aromatic carbocycles. The summed E-state index contributed by atoms with van der Waals surface area (Å²) in [5.74, 6) is 1.57. The smallest absolute Gasteiger partial charge is 0.262 e. The van der Waals surface area contributed by atoms with Gasteiger partial charge in [0.15, 0.2) is 6.61 Å². The highest BCUT2D eigenvalue weighted by Gasteiger charge is 2.09. The Morgan fingerprint density at radius 3 is 2.57 bits per heavy atom. The fraction of sp³-hybridized carbons (Fsp3) is 0.316. The van der Waals surface area contributed by atoms with E-state index in [1.165, 1.54) is 11.1 Å². The zero-order chi connectivity index (χ0) is 16.8. The quantitative estimate of drug-likeness (QED) is 0.871. The van der Waals surface area contributed by atoms with Crippen molar-refractivity contribution in [1.82, 2.24) is 0 Å². The van der Waals surface area contributed by atoms with E-state index in [0.29, 0.717) is 23.1 Å². The summed E-state index contributed by atoms with van der Waals surface area (Å²) in [6.45, 7) is 6.32. The van der Waals surface area contributed by atoms with Gasteiger partial charge in [0.2, 0.25) is 0 Å². The molecule has 1 N–H and O–H groups in total. The molecule has 0 saturated carbocycles. The molecule has 2 aromatic rings. The highest BCUT2D eigenvalue weighted by Crippen LogP contribution is 2.24. The molecule has 122 valence electrons. The minimum absolute atomic E-state index is 0.0431. The summed E-state index contributed by atoms with van der Waals surface area (Å²) in [5, 5.41) is 2.79. The Kier molecular flexibility index (Phi) is 5.63. The molecule has 0 atom stereocenters. The first-order valence-electron chi connectivity index (χ1n) is 7.67. The molecular formula is C19H23NO3. The van der Waals surface area contributed by atoms with Gasteiger partial charge in [0, 0.05) is 0 Å². The maximum Gasteiger partial charge on any atom is 0.262 e. The summed E-state index contributed by atoms with van der Waals surface area (Å²) in [4.78, 5) is 12.0. The van der Waals surface area contributed by atoms with Crippen LogP contribution in [0, 0.1) is 6.92 Å². The lowest BCUT2D eigenvalue weighted by Crippen LogP contribution is -2.20. The zero-order valence-corrected chi connectivity index (χ0v) is 14.1. The van der Waals surface area contributed by atoms with Gasteiger partial charge in [-0.2, -0.15) is 0 Å². The first-order valence-corrected chi connectivity index (χ1v) is 7.67. The van der Waals surface area contributed by atoms with Crippen molar-refractivity contribution in [3.63, 3.8) is 0 Å². The second-order valence-corrected chi connectivity index (χ2v) is 5.71. The number of rotatable bonds is 6. The van der Waals surface area contributed by atoms with Gasteiger partial charge in [0.1, 0.15) is 11.5 Å². The Hall–Kier alpha value is -2.49. The van der Waals surface area contributed by atoms with Gasteiger partial charge in [-0.25, -0.2) is 0 Å². The van der Waals surface area contributed by atoms with Crippen molar-refractivity contribution in [3.8, 4) is 11.5 Å². The Morgan fingerprint density at radius 1 is 1.17 bits per heavy atom. The van der Waals surface area contributed by atoms with E-state index < -0.39 is 0 Å². The van der Waals surface area contributed by atoms with Gasteiger partial charge < -0.3 is 14.8 Å². The van der Waals surface area contributed by atoms with Crippen molar-refractivity contribution in [2.75, 3.05) is 19.0 Å². The zero-order valence-electron chi connectivity index (χ0n) is 14.1. The fourth-order valence-electron chi connectivity index (χ4n) is 2.47. The van der Waals surface area contributed by atoms with E-state index in [4.69, 9.17) is 9.47 Å². The number of carbonyl (C=O) groups excluding carboxylic acids is 1. The van der Waals surface area contributed by atoms with Gasteiger partial charge in [0.05, 0.1) is 12.8 Å². The lowest BCUT2D eigenvalue weighted by atomic mass is 9.98. The lowest BCUT2D eigenvalue weighted by Gasteiger charge is -2.13. The number of nitrogens with one attached hydrogen (secondary N) is 1. The summed E-state index contributed by atoms with van der Waals surface area (Å²) in [6.07, 6.45) is 0. The fourth-order valence-corrected chi connectivity index (χ4v) is 2.47. The van der Waals surface area contributed by atoms with Gasteiger partial charge in [-0.05, 0) is 48.2 Å². The number of carbonyl (C=O) groups is 1. The molecule has 0 heterocycles. The molecule has 23 heavy (non-hydrogen) atoms. The number of aryl methyl sites for hydroxylation is 1. The molecule has 0 aromatic heterocycles. The number of para-hydroxylation sites is 2. The van der Waals surface area contributed by atoms with Gasteiger partial charge >= 0.3 is 0 Å². The predicted octanol–water partition coefficient (Wildman–Crippen LogP) is 4.14. The van der Waals surface area contributed by atoms with E-state index in [9.17, 15) is 4.79 Å². The van der Waals surface area contributed by atoms with E-state index in [1.54, 1.807) is 19.2 Å². The van der Waals surface area contributed by atoms with Crippen LogP contribution in [0.2, 0.25) is 0 Å². The molecule has 0 radical (unpaired) electrons. The summed E-state index contributed by atoms with van der Waals surface area (Å²) < 4.78 is 10.8. The third kappa shape index (κ3) is 4.49. The molecule has 0 aliphatic heterocycles. The summed E-state index contributed by atoms with van der Waals surface area (Å²) in [5.41, 5.74) is 3.09. The van der Waals surface area contributed by atoms with E-state index >= 15 is 0 Å². The van der Waals surface area contributed by atoms with E-state index in [0.717, 1.165) is 0 Å². The van der Waals surface area contributed by atoms with Crippen LogP contribution < -0.4 is 14.8 Å². The topological polar surface area (TPSA) is 47.6 Å². The summed E-state index contributed by atoms with van der Waals surface area (Å²) >= 11 is 0. The largest absolute Gasteiger partial charge is 0.495 e. The summed E-state index contributed by atoms with van der Waals surface area (Å²) in [6, 6.07) is 13.2.